The van der Waals surface area contributed by atoms with Crippen molar-refractivity contribution in [3.63, 3.8) is 0 Å². The van der Waals surface area contributed by atoms with Gasteiger partial charge in [0.15, 0.2) is 0 Å². The van der Waals surface area contributed by atoms with E-state index >= 15 is 0 Å². The van der Waals surface area contributed by atoms with Gasteiger partial charge in [0, 0.05) is 18.7 Å². The number of benzene rings is 2. The Morgan fingerprint density at radius 1 is 1.00 bits per heavy atom. The Morgan fingerprint density at radius 2 is 1.87 bits per heavy atom. The van der Waals surface area contributed by atoms with Crippen LogP contribution in [0.2, 0.25) is 0 Å². The second-order valence-corrected chi connectivity index (χ2v) is 9.52. The zero-order chi connectivity index (χ0) is 20.7. The summed E-state index contributed by atoms with van der Waals surface area (Å²) in [6.07, 6.45) is 4.02. The fourth-order valence-corrected chi connectivity index (χ4v) is 5.98. The molecule has 5 rings (SSSR count). The Morgan fingerprint density at radius 3 is 2.70 bits per heavy atom. The number of amides is 1. The lowest BCUT2D eigenvalue weighted by atomic mass is 10.1. The van der Waals surface area contributed by atoms with Crippen LogP contribution in [-0.4, -0.2) is 32.3 Å². The largest absolute Gasteiger partial charge is 0.467 e. The summed E-state index contributed by atoms with van der Waals surface area (Å²) in [5, 5.41) is 0. The highest BCUT2D eigenvalue weighted by Crippen LogP contribution is 2.35. The van der Waals surface area contributed by atoms with Crippen molar-refractivity contribution in [2.45, 2.75) is 30.2 Å². The van der Waals surface area contributed by atoms with Crippen LogP contribution in [0.3, 0.4) is 0 Å². The Balaban J connectivity index is 1.45. The molecule has 2 aliphatic rings. The summed E-state index contributed by atoms with van der Waals surface area (Å²) in [7, 11) is -3.74. The van der Waals surface area contributed by atoms with Crippen molar-refractivity contribution in [2.75, 3.05) is 17.4 Å². The third kappa shape index (κ3) is 3.10. The van der Waals surface area contributed by atoms with Crippen molar-refractivity contribution in [3.8, 4) is 0 Å². The van der Waals surface area contributed by atoms with Crippen molar-refractivity contribution in [1.29, 1.82) is 0 Å². The fraction of sp³-hybridized carbons (Fsp3) is 0.261. The number of hydrogen-bond acceptors (Lipinski definition) is 4. The third-order valence-electron chi connectivity index (χ3n) is 5.90. The summed E-state index contributed by atoms with van der Waals surface area (Å²) < 4.78 is 33.6. The predicted octanol–water partition coefficient (Wildman–Crippen LogP) is 4.01. The number of sulfonamides is 1. The normalized spacial score (nSPS) is 18.6. The van der Waals surface area contributed by atoms with Gasteiger partial charge in [0.2, 0.25) is 0 Å². The third-order valence-corrected chi connectivity index (χ3v) is 7.71. The maximum absolute atomic E-state index is 13.3. The van der Waals surface area contributed by atoms with E-state index in [1.54, 1.807) is 29.4 Å². The van der Waals surface area contributed by atoms with Crippen molar-refractivity contribution in [1.82, 2.24) is 4.90 Å². The molecule has 7 heteroatoms. The first kappa shape index (κ1) is 18.9. The number of carbonyl (C=O) groups excluding carboxylic acids is 1. The van der Waals surface area contributed by atoms with Crippen molar-refractivity contribution >= 4 is 21.6 Å². The molecule has 2 aliphatic heterocycles. The van der Waals surface area contributed by atoms with Gasteiger partial charge in [-0.05, 0) is 61.2 Å². The highest BCUT2D eigenvalue weighted by atomic mass is 32.2. The van der Waals surface area contributed by atoms with Crippen LogP contribution in [0.15, 0.2) is 76.2 Å². The van der Waals surface area contributed by atoms with Crippen LogP contribution in [-0.2, 0) is 16.4 Å². The summed E-state index contributed by atoms with van der Waals surface area (Å²) in [4.78, 5) is 15.1. The maximum atomic E-state index is 13.3. The van der Waals surface area contributed by atoms with Crippen molar-refractivity contribution < 1.29 is 17.6 Å². The van der Waals surface area contributed by atoms with Gasteiger partial charge in [0.05, 0.1) is 22.9 Å². The Kier molecular flexibility index (Phi) is 4.62. The molecule has 0 saturated carbocycles. The van der Waals surface area contributed by atoms with Crippen LogP contribution >= 0.6 is 0 Å². The predicted molar refractivity (Wildman–Crippen MR) is 113 cm³/mol. The molecule has 1 fully saturated rings. The fourth-order valence-electron chi connectivity index (χ4n) is 4.43. The monoisotopic (exact) mass is 422 g/mol. The van der Waals surface area contributed by atoms with E-state index in [4.69, 9.17) is 4.42 Å². The van der Waals surface area contributed by atoms with Gasteiger partial charge in [0.1, 0.15) is 5.76 Å². The molecule has 0 bridgehead atoms. The topological polar surface area (TPSA) is 70.8 Å². The summed E-state index contributed by atoms with van der Waals surface area (Å²) in [6, 6.07) is 17.5. The standard InChI is InChI=1S/C23H22N2O4S/c26-23(24-13-4-10-21(24)22-11-5-15-29-22)18-7-3-8-19(16-18)30(27,28)25-14-12-17-6-1-2-9-20(17)25/h1-3,5-9,11,15-16,21H,4,10,12-14H2. The second kappa shape index (κ2) is 7.32. The number of anilines is 1. The first-order valence-corrected chi connectivity index (χ1v) is 11.5. The molecule has 1 aromatic heterocycles. The molecule has 3 heterocycles. The van der Waals surface area contributed by atoms with Gasteiger partial charge >= 0.3 is 0 Å². The average molecular weight is 423 g/mol. The molecule has 1 amide bonds. The molecule has 3 aromatic rings. The van der Waals surface area contributed by atoms with Gasteiger partial charge < -0.3 is 9.32 Å². The summed E-state index contributed by atoms with van der Waals surface area (Å²) in [6.45, 7) is 1.03. The molecule has 1 unspecified atom stereocenters. The zero-order valence-corrected chi connectivity index (χ0v) is 17.2. The number of nitrogens with zero attached hydrogens (tertiary/aromatic N) is 2. The maximum Gasteiger partial charge on any atom is 0.264 e. The second-order valence-electron chi connectivity index (χ2n) is 7.66. The minimum atomic E-state index is -3.74. The highest BCUT2D eigenvalue weighted by Gasteiger charge is 2.34. The molecule has 0 N–H and O–H groups in total. The number of carbonyl (C=O) groups is 1. The lowest BCUT2D eigenvalue weighted by Crippen LogP contribution is -2.31. The molecule has 30 heavy (non-hydrogen) atoms. The molecule has 154 valence electrons. The van der Waals surface area contributed by atoms with E-state index in [9.17, 15) is 13.2 Å². The summed E-state index contributed by atoms with van der Waals surface area (Å²) in [5.41, 5.74) is 2.11. The molecule has 0 aliphatic carbocycles. The molecule has 0 spiro atoms. The first-order valence-electron chi connectivity index (χ1n) is 10.1. The van der Waals surface area contributed by atoms with Crippen molar-refractivity contribution in [2.24, 2.45) is 0 Å². The zero-order valence-electron chi connectivity index (χ0n) is 16.4. The Labute approximate surface area is 175 Å². The first-order chi connectivity index (χ1) is 14.6. The lowest BCUT2D eigenvalue weighted by molar-refractivity contribution is 0.0719. The van der Waals surface area contributed by atoms with Gasteiger partial charge in [-0.1, -0.05) is 24.3 Å². The number of likely N-dealkylation sites (tertiary alicyclic amines) is 1. The average Bonchev–Trinajstić information content (AvgIpc) is 3.53. The molecule has 0 radical (unpaired) electrons. The number of para-hydroxylation sites is 1. The lowest BCUT2D eigenvalue weighted by Gasteiger charge is -2.24. The van der Waals surface area contributed by atoms with E-state index in [-0.39, 0.29) is 16.8 Å². The highest BCUT2D eigenvalue weighted by molar-refractivity contribution is 7.92. The molecule has 1 saturated heterocycles. The van der Waals surface area contributed by atoms with E-state index in [0.717, 1.165) is 24.2 Å². The van der Waals surface area contributed by atoms with Crippen LogP contribution in [0.4, 0.5) is 5.69 Å². The number of fused-ring (bicyclic) bond motifs is 1. The Bertz CT molecular complexity index is 1190. The summed E-state index contributed by atoms with van der Waals surface area (Å²) in [5.74, 6) is 0.589. The smallest absolute Gasteiger partial charge is 0.264 e. The number of rotatable bonds is 4. The molecule has 2 aromatic carbocycles. The van der Waals surface area contributed by atoms with Crippen LogP contribution in [0.1, 0.15) is 40.6 Å². The minimum Gasteiger partial charge on any atom is -0.467 e. The van der Waals surface area contributed by atoms with Gasteiger partial charge in [-0.2, -0.15) is 0 Å². The van der Waals surface area contributed by atoms with Crippen LogP contribution < -0.4 is 4.31 Å². The molecular formula is C23H22N2O4S. The van der Waals surface area contributed by atoms with Crippen molar-refractivity contribution in [3.05, 3.63) is 83.8 Å². The van der Waals surface area contributed by atoms with E-state index in [1.165, 1.54) is 10.4 Å². The SMILES string of the molecule is O=C(c1cccc(S(=O)(=O)N2CCc3ccccc32)c1)N1CCCC1c1ccco1. The molecule has 1 atom stereocenters. The van der Waals surface area contributed by atoms with Gasteiger partial charge in [-0.3, -0.25) is 9.10 Å². The van der Waals surface area contributed by atoms with Gasteiger partial charge in [-0.25, -0.2) is 8.42 Å². The number of furan rings is 1. The van der Waals surface area contributed by atoms with E-state index in [2.05, 4.69) is 0 Å². The van der Waals surface area contributed by atoms with Gasteiger partial charge in [-0.15, -0.1) is 0 Å². The Hall–Kier alpha value is -3.06. The van der Waals surface area contributed by atoms with Crippen LogP contribution in [0, 0.1) is 0 Å². The van der Waals surface area contributed by atoms with Crippen LogP contribution in [0.5, 0.6) is 0 Å². The molecule has 6 nitrogen and oxygen atoms in total. The minimum absolute atomic E-state index is 0.113. The van der Waals surface area contributed by atoms with E-state index in [1.807, 2.05) is 36.4 Å². The van der Waals surface area contributed by atoms with Crippen LogP contribution in [0.25, 0.3) is 0 Å². The van der Waals surface area contributed by atoms with E-state index < -0.39 is 10.0 Å². The quantitative estimate of drug-likeness (QED) is 0.637. The van der Waals surface area contributed by atoms with Gasteiger partial charge in [0.25, 0.3) is 15.9 Å². The van der Waals surface area contributed by atoms with E-state index in [0.29, 0.717) is 30.8 Å². The summed E-state index contributed by atoms with van der Waals surface area (Å²) >= 11 is 0. The molecular weight excluding hydrogens is 400 g/mol. The number of hydrogen-bond donors (Lipinski definition) is 0.